The number of hydrogen-bond donors (Lipinski definition) is 0. The molecule has 0 bridgehead atoms. The minimum Gasteiger partial charge on any atom is -0.207 e. The summed E-state index contributed by atoms with van der Waals surface area (Å²) in [5, 5.41) is 0. The highest BCUT2D eigenvalue weighted by Gasteiger charge is 2.31. The third-order valence-electron chi connectivity index (χ3n) is 3.65. The van der Waals surface area contributed by atoms with E-state index in [2.05, 4.69) is 0 Å². The second-order valence-electron chi connectivity index (χ2n) is 5.05. The molecule has 2 aromatic carbocycles. The maximum absolute atomic E-state index is 13.6. The Morgan fingerprint density at radius 2 is 1.75 bits per heavy atom. The summed E-state index contributed by atoms with van der Waals surface area (Å²) >= 11 is 0. The van der Waals surface area contributed by atoms with Crippen molar-refractivity contribution in [1.82, 2.24) is 4.31 Å². The third-order valence-corrected chi connectivity index (χ3v) is 5.55. The van der Waals surface area contributed by atoms with E-state index >= 15 is 0 Å². The van der Waals surface area contributed by atoms with Gasteiger partial charge < -0.3 is 0 Å². The second kappa shape index (κ2) is 4.40. The molecule has 0 saturated heterocycles. The van der Waals surface area contributed by atoms with E-state index in [0.29, 0.717) is 17.0 Å². The van der Waals surface area contributed by atoms with Crippen LogP contribution in [0.3, 0.4) is 0 Å². The molecular weight excluding hydrogens is 277 g/mol. The van der Waals surface area contributed by atoms with E-state index in [1.807, 2.05) is 12.1 Å². The van der Waals surface area contributed by atoms with Crippen molar-refractivity contribution in [3.63, 3.8) is 0 Å². The number of rotatable bonds is 1. The van der Waals surface area contributed by atoms with Crippen LogP contribution in [0, 0.1) is 12.7 Å². The Kier molecular flexibility index (Phi) is 2.92. The first-order chi connectivity index (χ1) is 9.39. The van der Waals surface area contributed by atoms with Crippen LogP contribution in [-0.4, -0.2) is 19.8 Å². The highest BCUT2D eigenvalue weighted by atomic mass is 32.2. The van der Waals surface area contributed by atoms with Crippen molar-refractivity contribution in [3.05, 3.63) is 53.3 Å². The van der Waals surface area contributed by atoms with Crippen LogP contribution in [0.4, 0.5) is 4.39 Å². The highest BCUT2D eigenvalue weighted by Crippen LogP contribution is 2.32. The zero-order chi connectivity index (χ0) is 14.5. The van der Waals surface area contributed by atoms with E-state index in [0.717, 1.165) is 16.7 Å². The summed E-state index contributed by atoms with van der Waals surface area (Å²) in [5.41, 5.74) is 2.93. The van der Waals surface area contributed by atoms with Gasteiger partial charge in [-0.3, -0.25) is 0 Å². The van der Waals surface area contributed by atoms with Crippen molar-refractivity contribution >= 4 is 10.0 Å². The first-order valence-electron chi connectivity index (χ1n) is 6.25. The predicted octanol–water partition coefficient (Wildman–Crippen LogP) is 2.94. The standard InChI is InChI=1S/C15H14FNO2S/c1-10-3-4-12(8-14(10)16)11-5-6-15-13(7-11)9-17(2)20(15,18)19/h3-8H,9H2,1-2H3. The van der Waals surface area contributed by atoms with Crippen LogP contribution >= 0.6 is 0 Å². The largest absolute Gasteiger partial charge is 0.243 e. The molecule has 1 aliphatic rings. The molecular formula is C15H14FNO2S. The van der Waals surface area contributed by atoms with E-state index < -0.39 is 10.0 Å². The summed E-state index contributed by atoms with van der Waals surface area (Å²) < 4.78 is 38.9. The van der Waals surface area contributed by atoms with Crippen LogP contribution in [-0.2, 0) is 16.6 Å². The van der Waals surface area contributed by atoms with E-state index in [4.69, 9.17) is 0 Å². The fourth-order valence-corrected chi connectivity index (χ4v) is 3.74. The van der Waals surface area contributed by atoms with Crippen LogP contribution in [0.1, 0.15) is 11.1 Å². The molecule has 0 aromatic heterocycles. The van der Waals surface area contributed by atoms with Gasteiger partial charge in [-0.15, -0.1) is 0 Å². The predicted molar refractivity (Wildman–Crippen MR) is 75.2 cm³/mol. The Morgan fingerprint density at radius 1 is 1.10 bits per heavy atom. The van der Waals surface area contributed by atoms with Crippen molar-refractivity contribution in [3.8, 4) is 11.1 Å². The van der Waals surface area contributed by atoms with Crippen molar-refractivity contribution in [2.45, 2.75) is 18.4 Å². The molecule has 2 aromatic rings. The van der Waals surface area contributed by atoms with Gasteiger partial charge in [-0.25, -0.2) is 12.8 Å². The zero-order valence-electron chi connectivity index (χ0n) is 11.2. The second-order valence-corrected chi connectivity index (χ2v) is 7.06. The van der Waals surface area contributed by atoms with Crippen molar-refractivity contribution in [1.29, 1.82) is 0 Å². The minimum absolute atomic E-state index is 0.257. The summed E-state index contributed by atoms with van der Waals surface area (Å²) in [4.78, 5) is 0.344. The molecule has 0 unspecified atom stereocenters. The molecule has 0 aliphatic carbocycles. The zero-order valence-corrected chi connectivity index (χ0v) is 12.0. The van der Waals surface area contributed by atoms with Gasteiger partial charge in [0.15, 0.2) is 0 Å². The van der Waals surface area contributed by atoms with Crippen molar-refractivity contribution in [2.24, 2.45) is 0 Å². The number of halogens is 1. The van der Waals surface area contributed by atoms with Gasteiger partial charge in [0.2, 0.25) is 10.0 Å². The molecule has 5 heteroatoms. The summed E-state index contributed by atoms with van der Waals surface area (Å²) in [7, 11) is -1.78. The molecule has 3 rings (SSSR count). The molecule has 0 N–H and O–H groups in total. The number of sulfonamides is 1. The smallest absolute Gasteiger partial charge is 0.207 e. The summed E-state index contributed by atoms with van der Waals surface area (Å²) in [6.45, 7) is 2.07. The first-order valence-corrected chi connectivity index (χ1v) is 7.69. The number of aryl methyl sites for hydroxylation is 1. The van der Waals surface area contributed by atoms with Gasteiger partial charge in [0.25, 0.3) is 0 Å². The maximum atomic E-state index is 13.6. The maximum Gasteiger partial charge on any atom is 0.243 e. The lowest BCUT2D eigenvalue weighted by Gasteiger charge is -2.05. The van der Waals surface area contributed by atoms with Gasteiger partial charge in [-0.1, -0.05) is 18.2 Å². The molecule has 0 spiro atoms. The van der Waals surface area contributed by atoms with Crippen molar-refractivity contribution in [2.75, 3.05) is 7.05 Å². The van der Waals surface area contributed by atoms with Crippen LogP contribution in [0.15, 0.2) is 41.3 Å². The number of benzene rings is 2. The monoisotopic (exact) mass is 291 g/mol. The van der Waals surface area contributed by atoms with Gasteiger partial charge in [-0.05, 0) is 47.4 Å². The lowest BCUT2D eigenvalue weighted by atomic mass is 10.0. The van der Waals surface area contributed by atoms with Crippen LogP contribution in [0.2, 0.25) is 0 Å². The molecule has 20 heavy (non-hydrogen) atoms. The summed E-state index contributed by atoms with van der Waals surface area (Å²) in [6, 6.07) is 10.2. The van der Waals surface area contributed by atoms with E-state index in [-0.39, 0.29) is 5.82 Å². The summed E-state index contributed by atoms with van der Waals surface area (Å²) in [6.07, 6.45) is 0. The average molecular weight is 291 g/mol. The Labute approximate surface area is 117 Å². The van der Waals surface area contributed by atoms with Gasteiger partial charge in [0, 0.05) is 13.6 Å². The Morgan fingerprint density at radius 3 is 2.45 bits per heavy atom. The van der Waals surface area contributed by atoms with Gasteiger partial charge in [-0.2, -0.15) is 4.31 Å². The average Bonchev–Trinajstić information content (AvgIpc) is 2.63. The lowest BCUT2D eigenvalue weighted by molar-refractivity contribution is 0.488. The van der Waals surface area contributed by atoms with Crippen LogP contribution in [0.25, 0.3) is 11.1 Å². The first kappa shape index (κ1) is 13.3. The number of fused-ring (bicyclic) bond motifs is 1. The summed E-state index contributed by atoms with van der Waals surface area (Å²) in [5.74, 6) is -0.257. The number of nitrogens with zero attached hydrogens (tertiary/aromatic N) is 1. The lowest BCUT2D eigenvalue weighted by Crippen LogP contribution is -2.18. The normalized spacial score (nSPS) is 17.1. The Hall–Kier alpha value is -1.72. The Balaban J connectivity index is 2.11. The number of hydrogen-bond acceptors (Lipinski definition) is 2. The van der Waals surface area contributed by atoms with E-state index in [1.165, 1.54) is 10.4 Å². The topological polar surface area (TPSA) is 37.4 Å². The Bertz CT molecular complexity index is 800. The highest BCUT2D eigenvalue weighted by molar-refractivity contribution is 7.89. The molecule has 0 amide bonds. The molecule has 3 nitrogen and oxygen atoms in total. The fraction of sp³-hybridized carbons (Fsp3) is 0.200. The van der Waals surface area contributed by atoms with Gasteiger partial charge in [0.1, 0.15) is 5.82 Å². The molecule has 1 heterocycles. The van der Waals surface area contributed by atoms with E-state index in [9.17, 15) is 12.8 Å². The third kappa shape index (κ3) is 1.94. The van der Waals surface area contributed by atoms with Crippen LogP contribution < -0.4 is 0 Å². The molecule has 0 saturated carbocycles. The van der Waals surface area contributed by atoms with Gasteiger partial charge in [0.05, 0.1) is 4.90 Å². The van der Waals surface area contributed by atoms with Crippen molar-refractivity contribution < 1.29 is 12.8 Å². The van der Waals surface area contributed by atoms with E-state index in [1.54, 1.807) is 32.2 Å². The van der Waals surface area contributed by atoms with Crippen LogP contribution in [0.5, 0.6) is 0 Å². The molecule has 0 radical (unpaired) electrons. The SMILES string of the molecule is Cc1ccc(-c2ccc3c(c2)CN(C)S3(=O)=O)cc1F. The quantitative estimate of drug-likeness (QED) is 0.810. The fourth-order valence-electron chi connectivity index (χ4n) is 2.40. The molecule has 0 atom stereocenters. The molecule has 104 valence electrons. The molecule has 1 aliphatic heterocycles. The minimum atomic E-state index is -3.34. The molecule has 0 fully saturated rings. The van der Waals surface area contributed by atoms with Gasteiger partial charge >= 0.3 is 0 Å².